The molecule has 1 N–H and O–H groups in total. The van der Waals surface area contributed by atoms with Crippen molar-refractivity contribution in [3.05, 3.63) is 133 Å². The van der Waals surface area contributed by atoms with Gasteiger partial charge in [-0.15, -0.1) is 0 Å². The summed E-state index contributed by atoms with van der Waals surface area (Å²) in [5.41, 5.74) is 10.9. The Hall–Kier alpha value is -5.28. The molecule has 1 aliphatic heterocycles. The minimum absolute atomic E-state index is 0.827. The fraction of sp³-hybridized carbons (Fsp3) is 0.0270. The number of hydrogen-bond donors (Lipinski definition) is 1. The Bertz CT molecular complexity index is 2090. The number of para-hydroxylation sites is 1. The summed E-state index contributed by atoms with van der Waals surface area (Å²) >= 11 is 0. The summed E-state index contributed by atoms with van der Waals surface area (Å²) in [5, 5.41) is 8.21. The standard InChI is InChI=1S/C37H25N3/c1-2-8-26(9-3-1)35-31-13-6-12-29(34(31)30-11-4-5-14-33(30)40-35)24-15-17-25(18-16-24)32-22-21-28-20-19-27-10-7-23-38-36(27)37(28)39-32/h1-22,38H,23H2. The molecule has 0 bridgehead atoms. The first kappa shape index (κ1) is 22.7. The van der Waals surface area contributed by atoms with Gasteiger partial charge in [0.2, 0.25) is 0 Å². The highest BCUT2D eigenvalue weighted by Crippen LogP contribution is 2.39. The van der Waals surface area contributed by atoms with Crippen LogP contribution in [0, 0.1) is 0 Å². The number of rotatable bonds is 3. The van der Waals surface area contributed by atoms with Crippen LogP contribution in [0.2, 0.25) is 0 Å². The fourth-order valence-electron chi connectivity index (χ4n) is 5.92. The molecule has 0 unspecified atom stereocenters. The number of aromatic nitrogens is 2. The lowest BCUT2D eigenvalue weighted by Crippen LogP contribution is -2.05. The molecule has 0 spiro atoms. The van der Waals surface area contributed by atoms with Crippen LogP contribution in [0.15, 0.2) is 127 Å². The highest BCUT2D eigenvalue weighted by molar-refractivity contribution is 6.17. The number of hydrogen-bond acceptors (Lipinski definition) is 3. The first-order chi connectivity index (χ1) is 19.8. The second-order valence-electron chi connectivity index (χ2n) is 10.2. The van der Waals surface area contributed by atoms with Crippen molar-refractivity contribution < 1.29 is 0 Å². The van der Waals surface area contributed by atoms with Gasteiger partial charge in [-0.2, -0.15) is 0 Å². The van der Waals surface area contributed by atoms with Crippen molar-refractivity contribution >= 4 is 44.3 Å². The van der Waals surface area contributed by atoms with Crippen LogP contribution in [0.3, 0.4) is 0 Å². The van der Waals surface area contributed by atoms with Crippen molar-refractivity contribution in [3.63, 3.8) is 0 Å². The predicted octanol–water partition coefficient (Wildman–Crippen LogP) is 9.38. The number of benzene rings is 5. The van der Waals surface area contributed by atoms with Crippen LogP contribution in [-0.2, 0) is 0 Å². The largest absolute Gasteiger partial charge is 0.379 e. The zero-order valence-corrected chi connectivity index (χ0v) is 21.8. The Labute approximate surface area is 232 Å². The Kier molecular flexibility index (Phi) is 5.20. The summed E-state index contributed by atoms with van der Waals surface area (Å²) in [6.07, 6.45) is 4.31. The molecule has 2 aromatic heterocycles. The van der Waals surface area contributed by atoms with Gasteiger partial charge in [0.1, 0.15) is 0 Å². The van der Waals surface area contributed by atoms with Gasteiger partial charge in [-0.05, 0) is 28.8 Å². The molecule has 0 saturated heterocycles. The van der Waals surface area contributed by atoms with Crippen LogP contribution in [0.1, 0.15) is 5.56 Å². The Morgan fingerprint density at radius 3 is 2.25 bits per heavy atom. The minimum atomic E-state index is 0.827. The summed E-state index contributed by atoms with van der Waals surface area (Å²) in [6, 6.07) is 42.9. The Morgan fingerprint density at radius 1 is 0.575 bits per heavy atom. The highest BCUT2D eigenvalue weighted by Gasteiger charge is 2.15. The van der Waals surface area contributed by atoms with Gasteiger partial charge in [-0.25, -0.2) is 9.97 Å². The molecule has 5 aromatic carbocycles. The van der Waals surface area contributed by atoms with Gasteiger partial charge in [-0.1, -0.05) is 121 Å². The van der Waals surface area contributed by atoms with Gasteiger partial charge in [0.15, 0.2) is 0 Å². The third kappa shape index (κ3) is 3.67. The topological polar surface area (TPSA) is 37.8 Å². The lowest BCUT2D eigenvalue weighted by atomic mass is 9.92. The molecule has 188 valence electrons. The molecule has 3 heteroatoms. The Balaban J connectivity index is 1.27. The number of fused-ring (bicyclic) bond motifs is 6. The van der Waals surface area contributed by atoms with Crippen molar-refractivity contribution in [3.8, 4) is 33.6 Å². The van der Waals surface area contributed by atoms with E-state index in [2.05, 4.69) is 133 Å². The fourth-order valence-corrected chi connectivity index (χ4v) is 5.92. The van der Waals surface area contributed by atoms with E-state index in [1.165, 1.54) is 27.5 Å². The molecule has 3 heterocycles. The summed E-state index contributed by atoms with van der Waals surface area (Å²) in [4.78, 5) is 10.2. The average molecular weight is 512 g/mol. The van der Waals surface area contributed by atoms with Crippen LogP contribution >= 0.6 is 0 Å². The first-order valence-corrected chi connectivity index (χ1v) is 13.7. The van der Waals surface area contributed by atoms with E-state index in [1.807, 2.05) is 6.07 Å². The molecular formula is C37H25N3. The third-order valence-corrected chi connectivity index (χ3v) is 7.85. The molecule has 0 amide bonds. The van der Waals surface area contributed by atoms with Gasteiger partial charge in [0.05, 0.1) is 28.1 Å². The van der Waals surface area contributed by atoms with E-state index in [1.54, 1.807) is 0 Å². The predicted molar refractivity (Wildman–Crippen MR) is 168 cm³/mol. The average Bonchev–Trinajstić information content (AvgIpc) is 3.04. The lowest BCUT2D eigenvalue weighted by molar-refractivity contribution is 1.30. The van der Waals surface area contributed by atoms with Crippen LogP contribution < -0.4 is 5.32 Å². The normalized spacial score (nSPS) is 12.5. The lowest BCUT2D eigenvalue weighted by Gasteiger charge is -2.16. The molecule has 40 heavy (non-hydrogen) atoms. The van der Waals surface area contributed by atoms with E-state index in [-0.39, 0.29) is 0 Å². The number of nitrogens with one attached hydrogen (secondary N) is 1. The van der Waals surface area contributed by atoms with E-state index in [4.69, 9.17) is 9.97 Å². The van der Waals surface area contributed by atoms with Gasteiger partial charge in [-0.3, -0.25) is 0 Å². The number of nitrogens with zero attached hydrogens (tertiary/aromatic N) is 2. The second-order valence-corrected chi connectivity index (χ2v) is 10.2. The Morgan fingerprint density at radius 2 is 1.35 bits per heavy atom. The number of pyridine rings is 2. The first-order valence-electron chi connectivity index (χ1n) is 13.7. The number of anilines is 1. The van der Waals surface area contributed by atoms with Gasteiger partial charge in [0, 0.05) is 39.2 Å². The smallest absolute Gasteiger partial charge is 0.0947 e. The molecule has 7 aromatic rings. The zero-order valence-electron chi connectivity index (χ0n) is 21.8. The van der Waals surface area contributed by atoms with E-state index in [0.29, 0.717) is 0 Å². The third-order valence-electron chi connectivity index (χ3n) is 7.85. The van der Waals surface area contributed by atoms with Crippen molar-refractivity contribution in [2.75, 3.05) is 11.9 Å². The van der Waals surface area contributed by atoms with E-state index >= 15 is 0 Å². The van der Waals surface area contributed by atoms with Gasteiger partial charge in [0.25, 0.3) is 0 Å². The van der Waals surface area contributed by atoms with Gasteiger partial charge < -0.3 is 5.32 Å². The van der Waals surface area contributed by atoms with Crippen molar-refractivity contribution in [2.45, 2.75) is 0 Å². The molecule has 3 nitrogen and oxygen atoms in total. The minimum Gasteiger partial charge on any atom is -0.379 e. The highest BCUT2D eigenvalue weighted by atomic mass is 14.9. The van der Waals surface area contributed by atoms with Crippen LogP contribution in [0.4, 0.5) is 5.69 Å². The van der Waals surface area contributed by atoms with E-state index < -0.39 is 0 Å². The van der Waals surface area contributed by atoms with Crippen molar-refractivity contribution in [1.82, 2.24) is 9.97 Å². The summed E-state index contributed by atoms with van der Waals surface area (Å²) < 4.78 is 0. The maximum atomic E-state index is 5.10. The second kappa shape index (κ2) is 9.18. The molecular weight excluding hydrogens is 486 g/mol. The van der Waals surface area contributed by atoms with Crippen molar-refractivity contribution in [2.24, 2.45) is 0 Å². The summed E-state index contributed by atoms with van der Waals surface area (Å²) in [5.74, 6) is 0. The summed E-state index contributed by atoms with van der Waals surface area (Å²) in [6.45, 7) is 0.827. The maximum Gasteiger partial charge on any atom is 0.0947 e. The molecule has 0 saturated carbocycles. The van der Waals surface area contributed by atoms with Crippen molar-refractivity contribution in [1.29, 1.82) is 0 Å². The molecule has 0 atom stereocenters. The molecule has 0 radical (unpaired) electrons. The molecule has 8 rings (SSSR count). The quantitative estimate of drug-likeness (QED) is 0.240. The summed E-state index contributed by atoms with van der Waals surface area (Å²) in [7, 11) is 0. The SMILES string of the molecule is C1=Cc2ccc3ccc(-c4ccc(-c5cccc6c(-c7ccccc7)nc7ccccc7c56)cc4)nc3c2NC1. The molecule has 0 aliphatic carbocycles. The van der Waals surface area contributed by atoms with Crippen LogP contribution in [-0.4, -0.2) is 16.5 Å². The van der Waals surface area contributed by atoms with E-state index in [9.17, 15) is 0 Å². The maximum absolute atomic E-state index is 5.10. The molecule has 0 fully saturated rings. The van der Waals surface area contributed by atoms with Crippen LogP contribution in [0.25, 0.3) is 72.3 Å². The van der Waals surface area contributed by atoms with E-state index in [0.717, 1.165) is 56.6 Å². The van der Waals surface area contributed by atoms with Crippen LogP contribution in [0.5, 0.6) is 0 Å². The zero-order chi connectivity index (χ0) is 26.5. The monoisotopic (exact) mass is 511 g/mol. The van der Waals surface area contributed by atoms with Gasteiger partial charge >= 0.3 is 0 Å². The molecule has 1 aliphatic rings.